The molecule has 0 aromatic heterocycles. The van der Waals surface area contributed by atoms with Crippen molar-refractivity contribution in [2.24, 2.45) is 5.73 Å². The number of hydrogen-bond donors (Lipinski definition) is 1. The van der Waals surface area contributed by atoms with Crippen molar-refractivity contribution in [3.8, 4) is 0 Å². The van der Waals surface area contributed by atoms with Gasteiger partial charge >= 0.3 is 0 Å². The maximum atomic E-state index is 5.24. The van der Waals surface area contributed by atoms with Crippen molar-refractivity contribution in [3.05, 3.63) is 12.8 Å². The molecular formula is C7H15NO2. The first-order valence-corrected chi connectivity index (χ1v) is 3.42. The van der Waals surface area contributed by atoms with Gasteiger partial charge < -0.3 is 15.2 Å². The van der Waals surface area contributed by atoms with Gasteiger partial charge in [0.05, 0.1) is 12.9 Å². The van der Waals surface area contributed by atoms with E-state index in [1.807, 2.05) is 0 Å². The zero-order valence-corrected chi connectivity index (χ0v) is 6.21. The van der Waals surface area contributed by atoms with Gasteiger partial charge in [0, 0.05) is 6.61 Å². The first-order chi connectivity index (χ1) is 4.91. The minimum absolute atomic E-state index is 0.577. The minimum Gasteiger partial charge on any atom is -0.499 e. The fourth-order valence-electron chi connectivity index (χ4n) is 0.478. The molecule has 0 heterocycles. The van der Waals surface area contributed by atoms with Crippen LogP contribution in [0.5, 0.6) is 0 Å². The standard InChI is InChI=1S/C7H15NO2/c1-2-9-6-7-10-5-3-4-8/h2H,1,3-8H2. The summed E-state index contributed by atoms with van der Waals surface area (Å²) in [7, 11) is 0. The lowest BCUT2D eigenvalue weighted by atomic mass is 10.5. The molecule has 0 unspecified atom stereocenters. The summed E-state index contributed by atoms with van der Waals surface area (Å²) >= 11 is 0. The fourth-order valence-corrected chi connectivity index (χ4v) is 0.478. The Hall–Kier alpha value is -0.540. The van der Waals surface area contributed by atoms with Crippen LogP contribution in [0.25, 0.3) is 0 Å². The number of hydrogen-bond acceptors (Lipinski definition) is 3. The summed E-state index contributed by atoms with van der Waals surface area (Å²) in [5.74, 6) is 0. The summed E-state index contributed by atoms with van der Waals surface area (Å²) in [5, 5.41) is 0. The topological polar surface area (TPSA) is 44.5 Å². The van der Waals surface area contributed by atoms with Crippen LogP contribution in [0.2, 0.25) is 0 Å². The molecule has 0 aromatic rings. The van der Waals surface area contributed by atoms with Crippen LogP contribution in [0.3, 0.4) is 0 Å². The lowest BCUT2D eigenvalue weighted by Gasteiger charge is -2.01. The van der Waals surface area contributed by atoms with Crippen LogP contribution in [0.1, 0.15) is 6.42 Å². The number of ether oxygens (including phenoxy) is 2. The van der Waals surface area contributed by atoms with Crippen LogP contribution in [-0.4, -0.2) is 26.4 Å². The second-order valence-electron chi connectivity index (χ2n) is 1.79. The highest BCUT2D eigenvalue weighted by atomic mass is 16.5. The SMILES string of the molecule is C=COCCOCCCN. The minimum atomic E-state index is 0.577. The van der Waals surface area contributed by atoms with E-state index in [1.165, 1.54) is 6.26 Å². The Bertz CT molecular complexity index is 76.0. The van der Waals surface area contributed by atoms with Crippen molar-refractivity contribution in [2.45, 2.75) is 6.42 Å². The smallest absolute Gasteiger partial charge is 0.111 e. The van der Waals surface area contributed by atoms with Crippen LogP contribution < -0.4 is 5.73 Å². The third-order valence-electron chi connectivity index (χ3n) is 0.956. The molecule has 3 heteroatoms. The molecule has 0 saturated heterocycles. The van der Waals surface area contributed by atoms with Crippen LogP contribution in [-0.2, 0) is 9.47 Å². The maximum absolute atomic E-state index is 5.24. The molecule has 0 fully saturated rings. The van der Waals surface area contributed by atoms with Gasteiger partial charge in [0.15, 0.2) is 0 Å². The third kappa shape index (κ3) is 7.46. The highest BCUT2D eigenvalue weighted by Gasteiger charge is 1.85. The molecule has 2 N–H and O–H groups in total. The van der Waals surface area contributed by atoms with Crippen LogP contribution >= 0.6 is 0 Å². The zero-order valence-electron chi connectivity index (χ0n) is 6.21. The Labute approximate surface area is 61.8 Å². The van der Waals surface area contributed by atoms with Gasteiger partial charge in [-0.1, -0.05) is 6.58 Å². The molecule has 10 heavy (non-hydrogen) atoms. The van der Waals surface area contributed by atoms with Crippen molar-refractivity contribution in [1.82, 2.24) is 0 Å². The Balaban J connectivity index is 2.70. The Morgan fingerprint density at radius 3 is 2.70 bits per heavy atom. The Morgan fingerprint density at radius 2 is 2.10 bits per heavy atom. The average molecular weight is 145 g/mol. The van der Waals surface area contributed by atoms with E-state index in [4.69, 9.17) is 15.2 Å². The van der Waals surface area contributed by atoms with Crippen LogP contribution in [0.4, 0.5) is 0 Å². The van der Waals surface area contributed by atoms with Crippen molar-refractivity contribution >= 4 is 0 Å². The van der Waals surface area contributed by atoms with E-state index in [-0.39, 0.29) is 0 Å². The normalized spacial score (nSPS) is 9.30. The molecule has 0 radical (unpaired) electrons. The molecule has 60 valence electrons. The van der Waals surface area contributed by atoms with Crippen molar-refractivity contribution in [2.75, 3.05) is 26.4 Å². The van der Waals surface area contributed by atoms with Gasteiger partial charge in [-0.2, -0.15) is 0 Å². The van der Waals surface area contributed by atoms with Gasteiger partial charge in [-0.25, -0.2) is 0 Å². The quantitative estimate of drug-likeness (QED) is 0.419. The molecule has 0 bridgehead atoms. The second-order valence-corrected chi connectivity index (χ2v) is 1.79. The molecule has 0 rings (SSSR count). The number of nitrogens with two attached hydrogens (primary N) is 1. The summed E-state index contributed by atoms with van der Waals surface area (Å²) in [6.45, 7) is 5.99. The summed E-state index contributed by atoms with van der Waals surface area (Å²) < 4.78 is 9.94. The van der Waals surface area contributed by atoms with Crippen molar-refractivity contribution in [1.29, 1.82) is 0 Å². The Kier molecular flexibility index (Phi) is 8.00. The zero-order chi connectivity index (χ0) is 7.66. The Morgan fingerprint density at radius 1 is 1.30 bits per heavy atom. The fraction of sp³-hybridized carbons (Fsp3) is 0.714. The van der Waals surface area contributed by atoms with E-state index in [2.05, 4.69) is 6.58 Å². The van der Waals surface area contributed by atoms with E-state index in [9.17, 15) is 0 Å². The van der Waals surface area contributed by atoms with Gasteiger partial charge in [0.1, 0.15) is 6.61 Å². The predicted octanol–water partition coefficient (Wildman–Crippen LogP) is 0.512. The molecule has 0 aliphatic carbocycles. The molecular weight excluding hydrogens is 130 g/mol. The summed E-state index contributed by atoms with van der Waals surface area (Å²) in [5.41, 5.74) is 5.24. The molecule has 0 saturated carbocycles. The van der Waals surface area contributed by atoms with E-state index in [1.54, 1.807) is 0 Å². The second kappa shape index (κ2) is 8.46. The van der Waals surface area contributed by atoms with Gasteiger partial charge in [-0.05, 0) is 13.0 Å². The highest BCUT2D eigenvalue weighted by Crippen LogP contribution is 1.80. The van der Waals surface area contributed by atoms with Crippen LogP contribution in [0, 0.1) is 0 Å². The average Bonchev–Trinajstić information content (AvgIpc) is 1.97. The molecule has 3 nitrogen and oxygen atoms in total. The van der Waals surface area contributed by atoms with Crippen molar-refractivity contribution in [3.63, 3.8) is 0 Å². The van der Waals surface area contributed by atoms with E-state index >= 15 is 0 Å². The monoisotopic (exact) mass is 145 g/mol. The third-order valence-corrected chi connectivity index (χ3v) is 0.956. The molecule has 0 aliphatic heterocycles. The summed E-state index contributed by atoms with van der Waals surface area (Å²) in [6.07, 6.45) is 2.32. The van der Waals surface area contributed by atoms with E-state index in [0.29, 0.717) is 19.8 Å². The number of rotatable bonds is 7. The van der Waals surface area contributed by atoms with Gasteiger partial charge in [-0.15, -0.1) is 0 Å². The maximum Gasteiger partial charge on any atom is 0.111 e. The van der Waals surface area contributed by atoms with Gasteiger partial charge in [-0.3, -0.25) is 0 Å². The summed E-state index contributed by atoms with van der Waals surface area (Å²) in [6, 6.07) is 0. The lowest BCUT2D eigenvalue weighted by molar-refractivity contribution is 0.0846. The van der Waals surface area contributed by atoms with E-state index < -0.39 is 0 Å². The van der Waals surface area contributed by atoms with Crippen LogP contribution in [0.15, 0.2) is 12.8 Å². The first kappa shape index (κ1) is 9.46. The molecule has 0 amide bonds. The lowest BCUT2D eigenvalue weighted by Crippen LogP contribution is -2.07. The van der Waals surface area contributed by atoms with Gasteiger partial charge in [0.25, 0.3) is 0 Å². The molecule has 0 atom stereocenters. The van der Waals surface area contributed by atoms with E-state index in [0.717, 1.165) is 13.0 Å². The largest absolute Gasteiger partial charge is 0.499 e. The molecule has 0 spiro atoms. The highest BCUT2D eigenvalue weighted by molar-refractivity contribution is 4.47. The predicted molar refractivity (Wildman–Crippen MR) is 40.6 cm³/mol. The van der Waals surface area contributed by atoms with Gasteiger partial charge in [0.2, 0.25) is 0 Å². The van der Waals surface area contributed by atoms with Crippen molar-refractivity contribution < 1.29 is 9.47 Å². The summed E-state index contributed by atoms with van der Waals surface area (Å²) in [4.78, 5) is 0. The first-order valence-electron chi connectivity index (χ1n) is 3.42. The molecule has 0 aromatic carbocycles. The molecule has 0 aliphatic rings.